The van der Waals surface area contributed by atoms with Gasteiger partial charge in [0.05, 0.1) is 40.6 Å². The van der Waals surface area contributed by atoms with Gasteiger partial charge in [-0.3, -0.25) is 4.79 Å². The fraction of sp³-hybridized carbons (Fsp3) is 0.567. The molecule has 0 radical (unpaired) electrons. The summed E-state index contributed by atoms with van der Waals surface area (Å²) >= 11 is 0. The Morgan fingerprint density at radius 2 is 1.61 bits per heavy atom. The quantitative estimate of drug-likeness (QED) is 0.320. The fourth-order valence-corrected chi connectivity index (χ4v) is 5.73. The molecule has 2 aromatic heterocycles. The van der Waals surface area contributed by atoms with Gasteiger partial charge >= 0.3 is 0 Å². The summed E-state index contributed by atoms with van der Waals surface area (Å²) in [4.78, 5) is 38.6. The summed E-state index contributed by atoms with van der Waals surface area (Å²) in [7, 11) is 8.21. The molecule has 0 spiro atoms. The molecule has 2 saturated heterocycles. The van der Waals surface area contributed by atoms with Crippen LogP contribution < -0.4 is 34.2 Å². The van der Waals surface area contributed by atoms with Crippen LogP contribution in [0.4, 0.5) is 17.6 Å². The molecule has 14 heteroatoms. The highest BCUT2D eigenvalue weighted by molar-refractivity contribution is 5.95. The van der Waals surface area contributed by atoms with Crippen LogP contribution in [0.5, 0.6) is 17.2 Å². The maximum absolute atomic E-state index is 12.4. The molecule has 4 heterocycles. The third-order valence-corrected chi connectivity index (χ3v) is 8.01. The van der Waals surface area contributed by atoms with Crippen molar-refractivity contribution in [1.82, 2.24) is 25.3 Å². The largest absolute Gasteiger partial charge is 0.493 e. The number of hydrogen-bond acceptors (Lipinski definition) is 13. The van der Waals surface area contributed by atoms with Gasteiger partial charge in [-0.15, -0.1) is 0 Å². The molecule has 0 atom stereocenters. The van der Waals surface area contributed by atoms with Crippen LogP contribution in [0.2, 0.25) is 0 Å². The van der Waals surface area contributed by atoms with E-state index in [4.69, 9.17) is 43.6 Å². The van der Waals surface area contributed by atoms with Crippen LogP contribution in [-0.2, 0) is 20.8 Å². The number of fused-ring (bicyclic) bond motifs is 1. The van der Waals surface area contributed by atoms with Crippen LogP contribution >= 0.6 is 0 Å². The molecule has 2 aliphatic rings. The van der Waals surface area contributed by atoms with E-state index in [0.29, 0.717) is 78.7 Å². The maximum atomic E-state index is 12.4. The summed E-state index contributed by atoms with van der Waals surface area (Å²) < 4.78 is 28.1. The summed E-state index contributed by atoms with van der Waals surface area (Å²) in [5.74, 6) is 4.02. The number of nitrogens with one attached hydrogen (secondary N) is 1. The van der Waals surface area contributed by atoms with Gasteiger partial charge < -0.3 is 43.7 Å². The zero-order valence-corrected chi connectivity index (χ0v) is 26.4. The van der Waals surface area contributed by atoms with Crippen molar-refractivity contribution >= 4 is 34.5 Å². The van der Waals surface area contributed by atoms with E-state index in [-0.39, 0.29) is 18.6 Å². The highest BCUT2D eigenvalue weighted by atomic mass is 16.5. The van der Waals surface area contributed by atoms with E-state index in [1.807, 2.05) is 28.9 Å². The minimum absolute atomic E-state index is 0.0564. The molecule has 2 fully saturated rings. The number of ether oxygens (including phenoxy) is 5. The molecule has 0 bridgehead atoms. The lowest BCUT2D eigenvalue weighted by atomic mass is 10.1. The smallest absolute Gasteiger partial charge is 0.239 e. The minimum Gasteiger partial charge on any atom is -0.493 e. The van der Waals surface area contributed by atoms with Crippen LogP contribution in [0.3, 0.4) is 0 Å². The summed E-state index contributed by atoms with van der Waals surface area (Å²) in [5, 5.41) is 2.90. The van der Waals surface area contributed by atoms with Gasteiger partial charge in [-0.1, -0.05) is 0 Å². The zero-order chi connectivity index (χ0) is 31.2. The number of piperidine rings is 1. The van der Waals surface area contributed by atoms with Crippen LogP contribution in [-0.4, -0.2) is 113 Å². The highest BCUT2D eigenvalue weighted by Gasteiger charge is 2.29. The van der Waals surface area contributed by atoms with E-state index in [1.165, 1.54) is 0 Å². The third-order valence-electron chi connectivity index (χ3n) is 8.01. The zero-order valence-electron chi connectivity index (χ0n) is 26.4. The van der Waals surface area contributed by atoms with Crippen LogP contribution in [0.1, 0.15) is 24.2 Å². The molecule has 0 saturated carbocycles. The molecule has 238 valence electrons. The average molecular weight is 611 g/mol. The van der Waals surface area contributed by atoms with Gasteiger partial charge in [0.2, 0.25) is 17.6 Å². The molecular formula is C30H42N8O6. The molecule has 1 aromatic carbocycles. The monoisotopic (exact) mass is 610 g/mol. The SMILES string of the molecule is COCCN(Cc1ccc(OC)c(OC)c1OC)c1nc(N2CCC(OC)CC2)c2nc(C)nc(N3CCNC(=O)C3)c2n1. The van der Waals surface area contributed by atoms with Crippen molar-refractivity contribution in [1.29, 1.82) is 0 Å². The number of carbonyl (C=O) groups excluding carboxylic acids is 1. The maximum Gasteiger partial charge on any atom is 0.239 e. The van der Waals surface area contributed by atoms with E-state index in [0.717, 1.165) is 37.3 Å². The predicted molar refractivity (Wildman–Crippen MR) is 166 cm³/mol. The van der Waals surface area contributed by atoms with Crippen molar-refractivity contribution in [3.63, 3.8) is 0 Å². The number of carbonyl (C=O) groups is 1. The molecule has 44 heavy (non-hydrogen) atoms. The summed E-state index contributed by atoms with van der Waals surface area (Å²) in [6.45, 7) is 6.04. The highest BCUT2D eigenvalue weighted by Crippen LogP contribution is 2.41. The first-order chi connectivity index (χ1) is 21.4. The number of methoxy groups -OCH3 is 5. The minimum atomic E-state index is -0.0564. The molecule has 2 aliphatic heterocycles. The normalized spacial score (nSPS) is 15.8. The van der Waals surface area contributed by atoms with Gasteiger partial charge in [-0.25, -0.2) is 15.0 Å². The Bertz CT molecular complexity index is 1470. The Morgan fingerprint density at radius 1 is 0.886 bits per heavy atom. The van der Waals surface area contributed by atoms with Crippen LogP contribution in [0, 0.1) is 6.92 Å². The number of hydrogen-bond donors (Lipinski definition) is 1. The average Bonchev–Trinajstić information content (AvgIpc) is 3.05. The van der Waals surface area contributed by atoms with E-state index in [2.05, 4.69) is 10.2 Å². The van der Waals surface area contributed by atoms with Gasteiger partial charge in [0.1, 0.15) is 16.9 Å². The Balaban J connectivity index is 1.66. The summed E-state index contributed by atoms with van der Waals surface area (Å²) in [6, 6.07) is 3.80. The third kappa shape index (κ3) is 6.50. The van der Waals surface area contributed by atoms with Gasteiger partial charge in [0.15, 0.2) is 23.1 Å². The number of aryl methyl sites for hydroxylation is 1. The summed E-state index contributed by atoms with van der Waals surface area (Å²) in [6.07, 6.45) is 1.95. The first kappa shape index (κ1) is 31.3. The van der Waals surface area contributed by atoms with Gasteiger partial charge in [-0.2, -0.15) is 4.98 Å². The predicted octanol–water partition coefficient (Wildman–Crippen LogP) is 1.96. The molecule has 14 nitrogen and oxygen atoms in total. The second-order valence-corrected chi connectivity index (χ2v) is 10.7. The Kier molecular flexibility index (Phi) is 10.0. The Labute approximate surface area is 257 Å². The second kappa shape index (κ2) is 14.1. The lowest BCUT2D eigenvalue weighted by molar-refractivity contribution is -0.120. The van der Waals surface area contributed by atoms with Gasteiger partial charge in [-0.05, 0) is 31.9 Å². The lowest BCUT2D eigenvalue weighted by Crippen LogP contribution is -2.48. The van der Waals surface area contributed by atoms with Crippen molar-refractivity contribution in [3.8, 4) is 17.2 Å². The number of anilines is 3. The van der Waals surface area contributed by atoms with Gasteiger partial charge in [0.25, 0.3) is 0 Å². The van der Waals surface area contributed by atoms with Gasteiger partial charge in [0, 0.05) is 59.1 Å². The molecule has 0 aliphatic carbocycles. The topological polar surface area (TPSA) is 137 Å². The molecule has 5 rings (SSSR count). The van der Waals surface area contributed by atoms with Crippen molar-refractivity contribution in [2.45, 2.75) is 32.4 Å². The number of amides is 1. The van der Waals surface area contributed by atoms with E-state index in [1.54, 1.807) is 35.5 Å². The number of benzene rings is 1. The van der Waals surface area contributed by atoms with Crippen molar-refractivity contribution in [3.05, 3.63) is 23.5 Å². The number of nitrogens with zero attached hydrogens (tertiary/aromatic N) is 7. The molecular weight excluding hydrogens is 568 g/mol. The van der Waals surface area contributed by atoms with Crippen molar-refractivity contribution < 1.29 is 28.5 Å². The lowest BCUT2D eigenvalue weighted by Gasteiger charge is -2.34. The summed E-state index contributed by atoms with van der Waals surface area (Å²) in [5.41, 5.74) is 2.12. The first-order valence-electron chi connectivity index (χ1n) is 14.8. The standard InChI is InChI=1S/C30H42N8O6/c1-19-32-24-25(28(33-19)37-14-11-31-23(39)18-37)34-30(35-29(24)36-12-9-21(41-3)10-13-36)38(15-16-40-2)17-20-7-8-22(42-4)27(44-6)26(20)43-5/h7-8,21H,9-18H2,1-6H3,(H,31,39). The fourth-order valence-electron chi connectivity index (χ4n) is 5.73. The molecule has 0 unspecified atom stereocenters. The van der Waals surface area contributed by atoms with E-state index < -0.39 is 0 Å². The van der Waals surface area contributed by atoms with E-state index in [9.17, 15) is 4.79 Å². The second-order valence-electron chi connectivity index (χ2n) is 10.7. The van der Waals surface area contributed by atoms with Crippen LogP contribution in [0.25, 0.3) is 11.0 Å². The molecule has 1 amide bonds. The number of aromatic nitrogens is 4. The number of piperazine rings is 1. The van der Waals surface area contributed by atoms with E-state index >= 15 is 0 Å². The Morgan fingerprint density at radius 3 is 2.27 bits per heavy atom. The number of rotatable bonds is 12. The van der Waals surface area contributed by atoms with Crippen molar-refractivity contribution in [2.75, 3.05) is 96.1 Å². The molecule has 3 aromatic rings. The Hall–Kier alpha value is -4.17. The van der Waals surface area contributed by atoms with Crippen molar-refractivity contribution in [2.24, 2.45) is 0 Å². The first-order valence-corrected chi connectivity index (χ1v) is 14.8. The van der Waals surface area contributed by atoms with Crippen LogP contribution in [0.15, 0.2) is 12.1 Å². The molecule has 1 N–H and O–H groups in total.